The zero-order valence-corrected chi connectivity index (χ0v) is 15.9. The molecule has 138 valence electrons. The van der Waals surface area contributed by atoms with E-state index in [2.05, 4.69) is 11.6 Å². The maximum absolute atomic E-state index is 12.6. The summed E-state index contributed by atoms with van der Waals surface area (Å²) in [4.78, 5) is 14.6. The predicted molar refractivity (Wildman–Crippen MR) is 103 cm³/mol. The van der Waals surface area contributed by atoms with Gasteiger partial charge in [0.15, 0.2) is 0 Å². The third-order valence-electron chi connectivity index (χ3n) is 4.66. The van der Waals surface area contributed by atoms with Gasteiger partial charge in [-0.2, -0.15) is 0 Å². The average Bonchev–Trinajstić information content (AvgIpc) is 2.63. The van der Waals surface area contributed by atoms with Gasteiger partial charge < -0.3 is 4.90 Å². The van der Waals surface area contributed by atoms with Gasteiger partial charge in [0, 0.05) is 24.3 Å². The van der Waals surface area contributed by atoms with Crippen molar-refractivity contribution in [3.8, 4) is 0 Å². The third-order valence-corrected chi connectivity index (χ3v) is 6.06. The second-order valence-corrected chi connectivity index (χ2v) is 8.68. The molecule has 2 aromatic carbocycles. The molecular formula is C20H24N2O3S. The lowest BCUT2D eigenvalue weighted by atomic mass is 9.99. The minimum Gasteiger partial charge on any atom is -0.338 e. The Kier molecular flexibility index (Phi) is 5.32. The molecule has 1 atom stereocenters. The highest BCUT2D eigenvalue weighted by Gasteiger charge is 2.22. The van der Waals surface area contributed by atoms with Crippen LogP contribution in [0.25, 0.3) is 0 Å². The lowest BCUT2D eigenvalue weighted by Crippen LogP contribution is -2.39. The molecule has 1 N–H and O–H groups in total. The zero-order valence-electron chi connectivity index (χ0n) is 15.1. The SMILES string of the molecule is Cc1ccc(NS(=O)(=O)c2ccc(C(=O)N3CCC[C@H](C)C3)cc2)cc1. The first kappa shape index (κ1) is 18.5. The van der Waals surface area contributed by atoms with Crippen molar-refractivity contribution in [3.63, 3.8) is 0 Å². The van der Waals surface area contributed by atoms with Crippen LogP contribution in [0.2, 0.25) is 0 Å². The fraction of sp³-hybridized carbons (Fsp3) is 0.350. The molecule has 5 nitrogen and oxygen atoms in total. The summed E-state index contributed by atoms with van der Waals surface area (Å²) in [6.07, 6.45) is 2.16. The molecule has 0 bridgehead atoms. The van der Waals surface area contributed by atoms with E-state index in [9.17, 15) is 13.2 Å². The maximum atomic E-state index is 12.6. The number of likely N-dealkylation sites (tertiary alicyclic amines) is 1. The van der Waals surface area contributed by atoms with Crippen LogP contribution >= 0.6 is 0 Å². The average molecular weight is 372 g/mol. The molecule has 0 spiro atoms. The lowest BCUT2D eigenvalue weighted by Gasteiger charge is -2.31. The van der Waals surface area contributed by atoms with Crippen molar-refractivity contribution in [2.45, 2.75) is 31.6 Å². The Hall–Kier alpha value is -2.34. The van der Waals surface area contributed by atoms with Crippen molar-refractivity contribution in [1.29, 1.82) is 0 Å². The quantitative estimate of drug-likeness (QED) is 0.890. The summed E-state index contributed by atoms with van der Waals surface area (Å²) in [5, 5.41) is 0. The van der Waals surface area contributed by atoms with Crippen molar-refractivity contribution in [3.05, 3.63) is 59.7 Å². The van der Waals surface area contributed by atoms with Crippen molar-refractivity contribution in [2.24, 2.45) is 5.92 Å². The number of piperidine rings is 1. The fourth-order valence-corrected chi connectivity index (χ4v) is 4.23. The molecular weight excluding hydrogens is 348 g/mol. The largest absolute Gasteiger partial charge is 0.338 e. The summed E-state index contributed by atoms with van der Waals surface area (Å²) in [6, 6.07) is 13.3. The molecule has 1 aliphatic heterocycles. The molecule has 0 radical (unpaired) electrons. The number of nitrogens with one attached hydrogen (secondary N) is 1. The topological polar surface area (TPSA) is 66.5 Å². The number of amides is 1. The number of sulfonamides is 1. The van der Waals surface area contributed by atoms with Crippen LogP contribution < -0.4 is 4.72 Å². The van der Waals surface area contributed by atoms with Crippen molar-refractivity contribution < 1.29 is 13.2 Å². The Balaban J connectivity index is 1.73. The molecule has 1 aliphatic rings. The molecule has 1 fully saturated rings. The number of hydrogen-bond donors (Lipinski definition) is 1. The summed E-state index contributed by atoms with van der Waals surface area (Å²) in [7, 11) is -3.68. The Labute approximate surface area is 155 Å². The van der Waals surface area contributed by atoms with Crippen LogP contribution in [-0.2, 0) is 10.0 Å². The van der Waals surface area contributed by atoms with E-state index in [0.29, 0.717) is 17.2 Å². The van der Waals surface area contributed by atoms with Gasteiger partial charge in [-0.3, -0.25) is 9.52 Å². The molecule has 0 aromatic heterocycles. The molecule has 0 unspecified atom stereocenters. The van der Waals surface area contributed by atoms with Gasteiger partial charge in [0.25, 0.3) is 15.9 Å². The molecule has 3 rings (SSSR count). The summed E-state index contributed by atoms with van der Waals surface area (Å²) < 4.78 is 27.6. The van der Waals surface area contributed by atoms with E-state index in [1.807, 2.05) is 24.0 Å². The first-order valence-electron chi connectivity index (χ1n) is 8.84. The summed E-state index contributed by atoms with van der Waals surface area (Å²) in [6.45, 7) is 5.61. The molecule has 6 heteroatoms. The van der Waals surface area contributed by atoms with Crippen LogP contribution in [-0.4, -0.2) is 32.3 Å². The molecule has 0 saturated carbocycles. The van der Waals surface area contributed by atoms with E-state index in [-0.39, 0.29) is 10.8 Å². The number of carbonyl (C=O) groups excluding carboxylic acids is 1. The highest BCUT2D eigenvalue weighted by molar-refractivity contribution is 7.92. The van der Waals surface area contributed by atoms with E-state index < -0.39 is 10.0 Å². The Morgan fingerprint density at radius 2 is 1.73 bits per heavy atom. The highest BCUT2D eigenvalue weighted by atomic mass is 32.2. The van der Waals surface area contributed by atoms with Gasteiger partial charge in [-0.05, 0) is 62.1 Å². The lowest BCUT2D eigenvalue weighted by molar-refractivity contribution is 0.0683. The molecule has 0 aliphatic carbocycles. The number of carbonyl (C=O) groups is 1. The molecule has 26 heavy (non-hydrogen) atoms. The van der Waals surface area contributed by atoms with Crippen LogP contribution in [0.5, 0.6) is 0 Å². The molecule has 1 amide bonds. The monoisotopic (exact) mass is 372 g/mol. The summed E-state index contributed by atoms with van der Waals surface area (Å²) in [5.74, 6) is 0.470. The van der Waals surface area contributed by atoms with E-state index in [0.717, 1.165) is 31.5 Å². The van der Waals surface area contributed by atoms with Crippen LogP contribution in [0.3, 0.4) is 0 Å². The number of aryl methyl sites for hydroxylation is 1. The number of benzene rings is 2. The number of hydrogen-bond acceptors (Lipinski definition) is 3. The number of nitrogens with zero attached hydrogens (tertiary/aromatic N) is 1. The first-order valence-corrected chi connectivity index (χ1v) is 10.3. The number of rotatable bonds is 4. The van der Waals surface area contributed by atoms with Crippen molar-refractivity contribution in [1.82, 2.24) is 4.90 Å². The summed E-state index contributed by atoms with van der Waals surface area (Å²) >= 11 is 0. The third kappa shape index (κ3) is 4.25. The Morgan fingerprint density at radius 3 is 2.35 bits per heavy atom. The van der Waals surface area contributed by atoms with Crippen LogP contribution in [0, 0.1) is 12.8 Å². The van der Waals surface area contributed by atoms with Crippen LogP contribution in [0.15, 0.2) is 53.4 Å². The normalized spacial score (nSPS) is 17.8. The van der Waals surface area contributed by atoms with Gasteiger partial charge in [-0.1, -0.05) is 24.6 Å². The Bertz CT molecular complexity index is 874. The number of anilines is 1. The van der Waals surface area contributed by atoms with Crippen molar-refractivity contribution in [2.75, 3.05) is 17.8 Å². The van der Waals surface area contributed by atoms with Gasteiger partial charge in [0.1, 0.15) is 0 Å². The zero-order chi connectivity index (χ0) is 18.7. The van der Waals surface area contributed by atoms with E-state index in [4.69, 9.17) is 0 Å². The first-order chi connectivity index (χ1) is 12.3. The Morgan fingerprint density at radius 1 is 1.08 bits per heavy atom. The second-order valence-electron chi connectivity index (χ2n) is 6.99. The molecule has 2 aromatic rings. The van der Waals surface area contributed by atoms with Crippen molar-refractivity contribution >= 4 is 21.6 Å². The minimum atomic E-state index is -3.68. The van der Waals surface area contributed by atoms with E-state index in [1.165, 1.54) is 12.1 Å². The van der Waals surface area contributed by atoms with E-state index >= 15 is 0 Å². The molecule has 1 saturated heterocycles. The van der Waals surface area contributed by atoms with Gasteiger partial charge in [-0.25, -0.2) is 8.42 Å². The smallest absolute Gasteiger partial charge is 0.261 e. The standard InChI is InChI=1S/C20H24N2O3S/c1-15-5-9-18(10-6-15)21-26(24,25)19-11-7-17(8-12-19)20(23)22-13-3-4-16(2)14-22/h5-12,16,21H,3-4,13-14H2,1-2H3/t16-/m0/s1. The second kappa shape index (κ2) is 7.50. The summed E-state index contributed by atoms with van der Waals surface area (Å²) in [5.41, 5.74) is 2.09. The minimum absolute atomic E-state index is 0.0352. The van der Waals surface area contributed by atoms with Crippen LogP contribution in [0.1, 0.15) is 35.7 Å². The van der Waals surface area contributed by atoms with Gasteiger partial charge in [-0.15, -0.1) is 0 Å². The van der Waals surface area contributed by atoms with Crippen LogP contribution in [0.4, 0.5) is 5.69 Å². The van der Waals surface area contributed by atoms with Gasteiger partial charge in [0.05, 0.1) is 4.90 Å². The van der Waals surface area contributed by atoms with E-state index in [1.54, 1.807) is 24.3 Å². The fourth-order valence-electron chi connectivity index (χ4n) is 3.17. The maximum Gasteiger partial charge on any atom is 0.261 e. The highest BCUT2D eigenvalue weighted by Crippen LogP contribution is 2.20. The molecule has 1 heterocycles. The van der Waals surface area contributed by atoms with Gasteiger partial charge >= 0.3 is 0 Å². The van der Waals surface area contributed by atoms with Gasteiger partial charge in [0.2, 0.25) is 0 Å². The predicted octanol–water partition coefficient (Wildman–Crippen LogP) is 3.67.